The zero-order chi connectivity index (χ0) is 26.4. The molecule has 2 unspecified atom stereocenters. The van der Waals surface area contributed by atoms with Gasteiger partial charge in [-0.05, 0) is 60.6 Å². The van der Waals surface area contributed by atoms with Crippen LogP contribution in [0, 0.1) is 22.0 Å². The van der Waals surface area contributed by atoms with E-state index >= 15 is 0 Å². The number of methoxy groups -OCH3 is 1. The van der Waals surface area contributed by atoms with Crippen LogP contribution in [0.4, 0.5) is 11.4 Å². The van der Waals surface area contributed by atoms with Crippen LogP contribution in [0.25, 0.3) is 0 Å². The molecule has 1 amide bonds. The van der Waals surface area contributed by atoms with E-state index in [1.807, 2.05) is 47.0 Å². The fourth-order valence-corrected chi connectivity index (χ4v) is 6.71. The number of nitro groups is 1. The summed E-state index contributed by atoms with van der Waals surface area (Å²) >= 11 is 0. The Morgan fingerprint density at radius 2 is 1.95 bits per heavy atom. The van der Waals surface area contributed by atoms with Crippen LogP contribution in [-0.2, 0) is 24.2 Å². The fourth-order valence-electron chi connectivity index (χ4n) is 6.71. The van der Waals surface area contributed by atoms with E-state index in [4.69, 9.17) is 4.74 Å². The van der Waals surface area contributed by atoms with E-state index in [-0.39, 0.29) is 45.9 Å². The molecule has 0 aliphatic carbocycles. The van der Waals surface area contributed by atoms with Gasteiger partial charge in [0, 0.05) is 61.2 Å². The predicted octanol–water partition coefficient (Wildman–Crippen LogP) is 3.29. The number of hydrogen-bond acceptors (Lipinski definition) is 6. The van der Waals surface area contributed by atoms with E-state index in [0.717, 1.165) is 34.7 Å². The van der Waals surface area contributed by atoms with Gasteiger partial charge >= 0.3 is 0 Å². The molecule has 6 rings (SSSR count). The summed E-state index contributed by atoms with van der Waals surface area (Å²) in [7, 11) is 1.63. The molecule has 196 valence electrons. The average Bonchev–Trinajstić information content (AvgIpc) is 2.93. The summed E-state index contributed by atoms with van der Waals surface area (Å²) in [6.07, 6.45) is 2.04. The Hall–Kier alpha value is -4.14. The predicted molar refractivity (Wildman–Crippen MR) is 143 cm³/mol. The molecule has 2 aromatic carbocycles. The van der Waals surface area contributed by atoms with Crippen molar-refractivity contribution in [3.63, 3.8) is 0 Å². The fraction of sp³-hybridized carbons (Fsp3) is 0.379. The van der Waals surface area contributed by atoms with Crippen molar-refractivity contribution in [1.82, 2.24) is 9.88 Å². The zero-order valence-electron chi connectivity index (χ0n) is 21.2. The molecule has 9 nitrogen and oxygen atoms in total. The molecule has 0 radical (unpaired) electrons. The SMILES string of the molecule is COc1ccc(CCNC(=O)[C@@H]2Cc3cc([N+](=O)[O-])ccc3N3CC4CC(Cn5c4cccc5=O)[C@@H]23)cc1. The highest BCUT2D eigenvalue weighted by molar-refractivity contribution is 5.82. The van der Waals surface area contributed by atoms with Crippen molar-refractivity contribution in [2.24, 2.45) is 11.8 Å². The van der Waals surface area contributed by atoms with Crippen LogP contribution in [0.1, 0.15) is 29.2 Å². The molecule has 1 aromatic heterocycles. The molecule has 3 aliphatic rings. The molecule has 38 heavy (non-hydrogen) atoms. The number of nitro benzene ring substituents is 1. The van der Waals surface area contributed by atoms with E-state index in [2.05, 4.69) is 10.2 Å². The molecule has 4 atom stereocenters. The number of pyridine rings is 1. The molecule has 3 aromatic rings. The summed E-state index contributed by atoms with van der Waals surface area (Å²) in [5.74, 6) is 0.667. The number of amides is 1. The summed E-state index contributed by atoms with van der Waals surface area (Å²) in [6, 6.07) is 18.1. The second-order valence-corrected chi connectivity index (χ2v) is 10.5. The van der Waals surface area contributed by atoms with Crippen molar-refractivity contribution in [3.05, 3.63) is 98.0 Å². The first-order chi connectivity index (χ1) is 18.4. The minimum absolute atomic E-state index is 0.00187. The summed E-state index contributed by atoms with van der Waals surface area (Å²) < 4.78 is 7.09. The van der Waals surface area contributed by atoms with Crippen LogP contribution in [0.15, 0.2) is 65.5 Å². The number of fused-ring (bicyclic) bond motifs is 8. The van der Waals surface area contributed by atoms with Gasteiger partial charge in [-0.2, -0.15) is 0 Å². The third kappa shape index (κ3) is 4.21. The van der Waals surface area contributed by atoms with Gasteiger partial charge < -0.3 is 19.5 Å². The Kier molecular flexibility index (Phi) is 6.13. The smallest absolute Gasteiger partial charge is 0.269 e. The van der Waals surface area contributed by atoms with Crippen LogP contribution >= 0.6 is 0 Å². The van der Waals surface area contributed by atoms with Crippen LogP contribution in [0.5, 0.6) is 5.75 Å². The Labute approximate surface area is 220 Å². The molecular weight excluding hydrogens is 484 g/mol. The maximum absolute atomic E-state index is 13.7. The van der Waals surface area contributed by atoms with Crippen molar-refractivity contribution in [3.8, 4) is 5.75 Å². The molecule has 1 fully saturated rings. The third-order valence-electron chi connectivity index (χ3n) is 8.41. The monoisotopic (exact) mass is 514 g/mol. The lowest BCUT2D eigenvalue weighted by molar-refractivity contribution is -0.384. The standard InChI is InChI=1S/C29H30N4O5/c1-38-23-8-5-18(6-9-23)11-12-30-29(35)24-15-19-14-22(33(36)37)7-10-26(19)32-16-20-13-21(28(24)32)17-31-25(20)3-2-4-27(31)34/h2-10,14,20-21,24,28H,11-13,15-17H2,1H3,(H,30,35)/t20?,21?,24-,28+/m1/s1. The van der Waals surface area contributed by atoms with Crippen molar-refractivity contribution >= 4 is 17.3 Å². The number of non-ortho nitro benzene ring substituents is 1. The molecule has 9 heteroatoms. The molecule has 0 spiro atoms. The minimum atomic E-state index is -0.385. The van der Waals surface area contributed by atoms with Crippen LogP contribution in [0.3, 0.4) is 0 Å². The Morgan fingerprint density at radius 1 is 1.13 bits per heavy atom. The van der Waals surface area contributed by atoms with Gasteiger partial charge in [0.15, 0.2) is 0 Å². The number of nitrogens with zero attached hydrogens (tertiary/aromatic N) is 3. The van der Waals surface area contributed by atoms with Gasteiger partial charge in [0.05, 0.1) is 18.0 Å². The Bertz CT molecular complexity index is 1450. The van der Waals surface area contributed by atoms with E-state index < -0.39 is 0 Å². The van der Waals surface area contributed by atoms with Crippen LogP contribution < -0.4 is 20.5 Å². The zero-order valence-corrected chi connectivity index (χ0v) is 21.2. The Balaban J connectivity index is 1.29. The number of carbonyl (C=O) groups excluding carboxylic acids is 1. The Morgan fingerprint density at radius 3 is 2.71 bits per heavy atom. The first-order valence-electron chi connectivity index (χ1n) is 13.1. The second-order valence-electron chi connectivity index (χ2n) is 10.5. The van der Waals surface area contributed by atoms with Crippen molar-refractivity contribution in [2.75, 3.05) is 25.1 Å². The molecule has 1 saturated heterocycles. The number of ether oxygens (including phenoxy) is 1. The van der Waals surface area contributed by atoms with Gasteiger partial charge in [-0.25, -0.2) is 0 Å². The summed E-state index contributed by atoms with van der Waals surface area (Å²) in [5, 5.41) is 14.6. The van der Waals surface area contributed by atoms with Gasteiger partial charge in [0.1, 0.15) is 5.75 Å². The second kappa shape index (κ2) is 9.63. The summed E-state index contributed by atoms with van der Waals surface area (Å²) in [4.78, 5) is 39.8. The number of piperidine rings is 1. The summed E-state index contributed by atoms with van der Waals surface area (Å²) in [6.45, 7) is 1.74. The third-order valence-corrected chi connectivity index (χ3v) is 8.41. The van der Waals surface area contributed by atoms with E-state index in [1.54, 1.807) is 25.3 Å². The first kappa shape index (κ1) is 24.2. The lowest BCUT2D eigenvalue weighted by atomic mass is 9.70. The van der Waals surface area contributed by atoms with E-state index in [1.165, 1.54) is 0 Å². The molecule has 2 bridgehead atoms. The quantitative estimate of drug-likeness (QED) is 0.400. The number of carbonyl (C=O) groups is 1. The highest BCUT2D eigenvalue weighted by atomic mass is 16.6. The topological polar surface area (TPSA) is 107 Å². The molecule has 3 aliphatic heterocycles. The van der Waals surface area contributed by atoms with Crippen LogP contribution in [-0.4, -0.2) is 41.6 Å². The molecule has 1 N–H and O–H groups in total. The number of benzene rings is 2. The molecular formula is C29H30N4O5. The number of anilines is 1. The lowest BCUT2D eigenvalue weighted by Gasteiger charge is -2.54. The van der Waals surface area contributed by atoms with Crippen molar-refractivity contribution in [1.29, 1.82) is 0 Å². The van der Waals surface area contributed by atoms with Gasteiger partial charge in [-0.15, -0.1) is 0 Å². The maximum atomic E-state index is 13.7. The first-order valence-corrected chi connectivity index (χ1v) is 13.1. The van der Waals surface area contributed by atoms with Crippen LogP contribution in [0.2, 0.25) is 0 Å². The van der Waals surface area contributed by atoms with E-state index in [9.17, 15) is 19.7 Å². The number of aromatic nitrogens is 1. The van der Waals surface area contributed by atoms with Gasteiger partial charge in [-0.1, -0.05) is 18.2 Å². The van der Waals surface area contributed by atoms with Crippen molar-refractivity contribution < 1.29 is 14.5 Å². The minimum Gasteiger partial charge on any atom is -0.497 e. The largest absolute Gasteiger partial charge is 0.497 e. The number of rotatable bonds is 6. The molecule has 0 saturated carbocycles. The highest BCUT2D eigenvalue weighted by Gasteiger charge is 2.49. The number of hydrogen-bond donors (Lipinski definition) is 1. The average molecular weight is 515 g/mol. The highest BCUT2D eigenvalue weighted by Crippen LogP contribution is 2.47. The number of nitrogens with one attached hydrogen (secondary N) is 1. The van der Waals surface area contributed by atoms with E-state index in [0.29, 0.717) is 32.5 Å². The maximum Gasteiger partial charge on any atom is 0.269 e. The molecule has 4 heterocycles. The lowest BCUT2D eigenvalue weighted by Crippen LogP contribution is -2.61. The van der Waals surface area contributed by atoms with Gasteiger partial charge in [0.25, 0.3) is 11.2 Å². The van der Waals surface area contributed by atoms with Gasteiger partial charge in [-0.3, -0.25) is 19.7 Å². The summed E-state index contributed by atoms with van der Waals surface area (Å²) in [5.41, 5.74) is 3.95. The van der Waals surface area contributed by atoms with Gasteiger partial charge in [0.2, 0.25) is 5.91 Å². The normalized spacial score (nSPS) is 23.0. The van der Waals surface area contributed by atoms with Crippen molar-refractivity contribution in [2.45, 2.75) is 37.8 Å².